The van der Waals surface area contributed by atoms with Gasteiger partial charge in [0.2, 0.25) is 0 Å². The highest BCUT2D eigenvalue weighted by molar-refractivity contribution is 5.57. The van der Waals surface area contributed by atoms with Gasteiger partial charge in [-0.15, -0.1) is 0 Å². The first-order valence-corrected chi connectivity index (χ1v) is 5.53. The number of para-hydroxylation sites is 1. The van der Waals surface area contributed by atoms with Crippen LogP contribution in [0.25, 0.3) is 0 Å². The first kappa shape index (κ1) is 12.6. The fraction of sp³-hybridized carbons (Fsp3) is 0.0667. The summed E-state index contributed by atoms with van der Waals surface area (Å²) in [6.45, 7) is 1.50. The van der Waals surface area contributed by atoms with E-state index in [1.165, 1.54) is 13.0 Å². The van der Waals surface area contributed by atoms with Crippen molar-refractivity contribution in [3.63, 3.8) is 0 Å². The molecule has 19 heavy (non-hydrogen) atoms. The van der Waals surface area contributed by atoms with E-state index < -0.39 is 5.82 Å². The molecule has 0 aliphatic rings. The normalized spacial score (nSPS) is 9.47. The largest absolute Gasteiger partial charge is 0.454 e. The van der Waals surface area contributed by atoms with Crippen molar-refractivity contribution in [1.29, 1.82) is 10.5 Å². The maximum Gasteiger partial charge on any atom is 0.165 e. The van der Waals surface area contributed by atoms with Crippen molar-refractivity contribution in [3.8, 4) is 23.6 Å². The quantitative estimate of drug-likeness (QED) is 0.819. The van der Waals surface area contributed by atoms with Crippen LogP contribution in [0.5, 0.6) is 11.5 Å². The molecule has 0 saturated carbocycles. The molecule has 0 atom stereocenters. The third-order valence-electron chi connectivity index (χ3n) is 2.59. The van der Waals surface area contributed by atoms with E-state index in [1.54, 1.807) is 36.4 Å². The third kappa shape index (κ3) is 2.38. The zero-order valence-electron chi connectivity index (χ0n) is 10.1. The van der Waals surface area contributed by atoms with Gasteiger partial charge >= 0.3 is 0 Å². The number of nitriles is 2. The summed E-state index contributed by atoms with van der Waals surface area (Å²) >= 11 is 0. The maximum absolute atomic E-state index is 13.9. The SMILES string of the molecule is Cc1cc(C#N)c(Oc2ccccc2)c(C#N)c1F. The number of nitrogens with zero attached hydrogens (tertiary/aromatic N) is 2. The number of hydrogen-bond acceptors (Lipinski definition) is 3. The van der Waals surface area contributed by atoms with E-state index in [-0.39, 0.29) is 22.4 Å². The molecule has 4 heteroatoms. The van der Waals surface area contributed by atoms with Crippen LogP contribution in [0.15, 0.2) is 36.4 Å². The van der Waals surface area contributed by atoms with Crippen LogP contribution in [-0.2, 0) is 0 Å². The van der Waals surface area contributed by atoms with E-state index in [1.807, 2.05) is 6.07 Å². The molecule has 3 nitrogen and oxygen atoms in total. The smallest absolute Gasteiger partial charge is 0.165 e. The number of halogens is 1. The van der Waals surface area contributed by atoms with Crippen LogP contribution < -0.4 is 4.74 Å². The number of hydrogen-bond donors (Lipinski definition) is 0. The van der Waals surface area contributed by atoms with Crippen molar-refractivity contribution in [2.75, 3.05) is 0 Å². The highest BCUT2D eigenvalue weighted by Crippen LogP contribution is 2.32. The van der Waals surface area contributed by atoms with Crippen LogP contribution in [-0.4, -0.2) is 0 Å². The summed E-state index contributed by atoms with van der Waals surface area (Å²) < 4.78 is 19.3. The lowest BCUT2D eigenvalue weighted by Gasteiger charge is -2.11. The molecule has 0 heterocycles. The molecule has 92 valence electrons. The molecule has 0 bridgehead atoms. The molecule has 0 aliphatic heterocycles. The summed E-state index contributed by atoms with van der Waals surface area (Å²) in [6.07, 6.45) is 0. The molecule has 0 radical (unpaired) electrons. The molecule has 0 saturated heterocycles. The molecule has 2 aromatic carbocycles. The Bertz CT molecular complexity index is 697. The van der Waals surface area contributed by atoms with Gasteiger partial charge in [-0.1, -0.05) is 18.2 Å². The minimum absolute atomic E-state index is 0.0423. The number of rotatable bonds is 2. The lowest BCUT2D eigenvalue weighted by molar-refractivity contribution is 0.472. The number of ether oxygens (including phenoxy) is 1. The van der Waals surface area contributed by atoms with Crippen LogP contribution in [0.3, 0.4) is 0 Å². The molecule has 0 N–H and O–H groups in total. The van der Waals surface area contributed by atoms with Crippen LogP contribution in [0.2, 0.25) is 0 Å². The second-order valence-corrected chi connectivity index (χ2v) is 3.90. The molecular weight excluding hydrogens is 243 g/mol. The van der Waals surface area contributed by atoms with Gasteiger partial charge in [0.25, 0.3) is 0 Å². The monoisotopic (exact) mass is 252 g/mol. The van der Waals surface area contributed by atoms with Gasteiger partial charge in [0.1, 0.15) is 29.3 Å². The van der Waals surface area contributed by atoms with E-state index in [0.29, 0.717) is 5.75 Å². The predicted octanol–water partition coefficient (Wildman–Crippen LogP) is 3.67. The first-order valence-electron chi connectivity index (χ1n) is 5.53. The maximum atomic E-state index is 13.9. The Morgan fingerprint density at radius 1 is 1.11 bits per heavy atom. The molecule has 0 fully saturated rings. The van der Waals surface area contributed by atoms with Crippen molar-refractivity contribution in [2.24, 2.45) is 0 Å². The molecule has 0 amide bonds. The van der Waals surface area contributed by atoms with Gasteiger partial charge in [0, 0.05) is 0 Å². The summed E-state index contributed by atoms with van der Waals surface area (Å²) in [4.78, 5) is 0. The number of aryl methyl sites for hydroxylation is 1. The summed E-state index contributed by atoms with van der Waals surface area (Å²) in [5, 5.41) is 18.1. The zero-order valence-corrected chi connectivity index (χ0v) is 10.1. The molecule has 0 unspecified atom stereocenters. The molecule has 2 aromatic rings. The zero-order chi connectivity index (χ0) is 13.8. The third-order valence-corrected chi connectivity index (χ3v) is 2.59. The minimum Gasteiger partial charge on any atom is -0.454 e. The van der Waals surface area contributed by atoms with Gasteiger partial charge in [-0.2, -0.15) is 10.5 Å². The average Bonchev–Trinajstić information content (AvgIpc) is 2.44. The van der Waals surface area contributed by atoms with Crippen LogP contribution in [0.4, 0.5) is 4.39 Å². The number of benzene rings is 2. The molecule has 0 spiro atoms. The van der Waals surface area contributed by atoms with Crippen LogP contribution in [0, 0.1) is 35.4 Å². The molecule has 0 aliphatic carbocycles. The first-order chi connectivity index (χ1) is 9.17. The Kier molecular flexibility index (Phi) is 3.45. The van der Waals surface area contributed by atoms with E-state index in [2.05, 4.69) is 0 Å². The highest BCUT2D eigenvalue weighted by Gasteiger charge is 2.18. The Balaban J connectivity index is 2.60. The standard InChI is InChI=1S/C15H9FN2O/c1-10-7-11(8-17)15(13(9-18)14(10)16)19-12-5-3-2-4-6-12/h2-7H,1H3. The topological polar surface area (TPSA) is 56.8 Å². The fourth-order valence-corrected chi connectivity index (χ4v) is 1.67. The van der Waals surface area contributed by atoms with Crippen molar-refractivity contribution in [3.05, 3.63) is 58.9 Å². The summed E-state index contributed by atoms with van der Waals surface area (Å²) in [7, 11) is 0. The van der Waals surface area contributed by atoms with Gasteiger partial charge in [-0.05, 0) is 30.7 Å². The molecule has 2 rings (SSSR count). The average molecular weight is 252 g/mol. The predicted molar refractivity (Wildman–Crippen MR) is 67.1 cm³/mol. The van der Waals surface area contributed by atoms with E-state index >= 15 is 0 Å². The van der Waals surface area contributed by atoms with Crippen molar-refractivity contribution >= 4 is 0 Å². The van der Waals surface area contributed by atoms with E-state index in [9.17, 15) is 4.39 Å². The van der Waals surface area contributed by atoms with Gasteiger partial charge in [-0.25, -0.2) is 4.39 Å². The second kappa shape index (κ2) is 5.20. The second-order valence-electron chi connectivity index (χ2n) is 3.90. The summed E-state index contributed by atoms with van der Waals surface area (Å²) in [5.74, 6) is -0.259. The van der Waals surface area contributed by atoms with E-state index in [0.717, 1.165) is 0 Å². The van der Waals surface area contributed by atoms with Crippen molar-refractivity contribution in [1.82, 2.24) is 0 Å². The summed E-state index contributed by atoms with van der Waals surface area (Å²) in [6, 6.07) is 13.7. The van der Waals surface area contributed by atoms with Gasteiger partial charge in [0.05, 0.1) is 5.56 Å². The Hall–Kier alpha value is -2.85. The van der Waals surface area contributed by atoms with Gasteiger partial charge in [0.15, 0.2) is 5.75 Å². The Morgan fingerprint density at radius 3 is 2.37 bits per heavy atom. The lowest BCUT2D eigenvalue weighted by atomic mass is 10.0. The molecule has 0 aromatic heterocycles. The van der Waals surface area contributed by atoms with E-state index in [4.69, 9.17) is 15.3 Å². The summed E-state index contributed by atoms with van der Waals surface area (Å²) in [5.41, 5.74) is 0.133. The highest BCUT2D eigenvalue weighted by atomic mass is 19.1. The Morgan fingerprint density at radius 2 is 1.79 bits per heavy atom. The fourth-order valence-electron chi connectivity index (χ4n) is 1.67. The minimum atomic E-state index is -0.660. The van der Waals surface area contributed by atoms with Gasteiger partial charge < -0.3 is 4.74 Å². The van der Waals surface area contributed by atoms with Gasteiger partial charge in [-0.3, -0.25) is 0 Å². The van der Waals surface area contributed by atoms with Crippen LogP contribution >= 0.6 is 0 Å². The lowest BCUT2D eigenvalue weighted by Crippen LogP contribution is -1.98. The van der Waals surface area contributed by atoms with Crippen LogP contribution in [0.1, 0.15) is 16.7 Å². The Labute approximate surface area is 110 Å². The van der Waals surface area contributed by atoms with Crippen molar-refractivity contribution in [2.45, 2.75) is 6.92 Å². The van der Waals surface area contributed by atoms with Crippen molar-refractivity contribution < 1.29 is 9.13 Å². The molecular formula is C15H9FN2O.